The summed E-state index contributed by atoms with van der Waals surface area (Å²) in [6, 6.07) is 81.7. The average Bonchev–Trinajstić information content (AvgIpc) is 3.70. The third-order valence-corrected chi connectivity index (χ3v) is 24.2. The molecule has 2 nitrogen and oxygen atoms in total. The zero-order valence-electron chi connectivity index (χ0n) is 46.6. The van der Waals surface area contributed by atoms with Crippen molar-refractivity contribution >= 4 is 184 Å². The summed E-state index contributed by atoms with van der Waals surface area (Å²) >= 11 is 11.6. The van der Waals surface area contributed by atoms with Crippen molar-refractivity contribution in [2.75, 3.05) is 9.80 Å². The maximum absolute atomic E-state index is 2.69. The molecule has 2 aliphatic rings. The minimum absolute atomic E-state index is 0.00893. The SMILES string of the molecule is CC(C)(C)c1ccc2sc3c(c2c1)N(c1cc(-c2cc4ccccc4s2)cc(-c2cc4ccccc4s2)c1)c1cccc2c1B3c1sc3ccc(C(C)(C)C)cc3c1N2c1cc(-c2cc3ccccc3s2)cc(-c2cc3ccccc3s2)c1. The van der Waals surface area contributed by atoms with Gasteiger partial charge in [-0.15, -0.1) is 68.0 Å². The van der Waals surface area contributed by atoms with E-state index < -0.39 is 0 Å². The van der Waals surface area contributed by atoms with E-state index in [4.69, 9.17) is 0 Å². The van der Waals surface area contributed by atoms with Crippen LogP contribution < -0.4 is 24.8 Å². The summed E-state index contributed by atoms with van der Waals surface area (Å²) in [7, 11) is 0. The van der Waals surface area contributed by atoms with Gasteiger partial charge in [0.15, 0.2) is 0 Å². The molecule has 0 N–H and O–H groups in total. The van der Waals surface area contributed by atoms with Gasteiger partial charge < -0.3 is 9.80 Å². The summed E-state index contributed by atoms with van der Waals surface area (Å²) < 4.78 is 10.6. The van der Waals surface area contributed by atoms with Crippen molar-refractivity contribution in [3.63, 3.8) is 0 Å². The van der Waals surface area contributed by atoms with Gasteiger partial charge >= 0.3 is 0 Å². The van der Waals surface area contributed by atoms with Gasteiger partial charge in [0, 0.05) is 90.8 Å². The van der Waals surface area contributed by atoms with E-state index in [1.165, 1.54) is 163 Å². The van der Waals surface area contributed by atoms with Crippen LogP contribution in [0.3, 0.4) is 0 Å². The van der Waals surface area contributed by atoms with Gasteiger partial charge in [-0.05, 0) is 193 Å². The second-order valence-electron chi connectivity index (χ2n) is 24.5. The summed E-state index contributed by atoms with van der Waals surface area (Å²) in [5, 5.41) is 7.74. The zero-order chi connectivity index (χ0) is 55.6. The van der Waals surface area contributed by atoms with E-state index >= 15 is 0 Å². The van der Waals surface area contributed by atoms with Crippen molar-refractivity contribution < 1.29 is 0 Å². The van der Waals surface area contributed by atoms with E-state index in [1.807, 2.05) is 68.0 Å². The molecule has 6 aromatic heterocycles. The molecule has 0 amide bonds. The largest absolute Gasteiger partial charge is 0.310 e. The molecule has 83 heavy (non-hydrogen) atoms. The monoisotopic (exact) mass is 1170 g/mol. The number of rotatable bonds is 6. The third-order valence-electron chi connectivity index (χ3n) is 17.1. The van der Waals surface area contributed by atoms with E-state index in [1.54, 1.807) is 0 Å². The Kier molecular flexibility index (Phi) is 11.1. The molecule has 0 saturated heterocycles. The lowest BCUT2D eigenvalue weighted by Crippen LogP contribution is -2.59. The van der Waals surface area contributed by atoms with Crippen LogP contribution in [-0.2, 0) is 10.8 Å². The second kappa shape index (κ2) is 18.5. The van der Waals surface area contributed by atoms with Gasteiger partial charge in [-0.25, -0.2) is 0 Å². The summed E-state index contributed by atoms with van der Waals surface area (Å²) in [6.07, 6.45) is 0. The molecule has 0 aliphatic carbocycles. The topological polar surface area (TPSA) is 6.48 Å². The van der Waals surface area contributed by atoms with Crippen LogP contribution >= 0.6 is 68.0 Å². The Morgan fingerprint density at radius 3 is 0.976 bits per heavy atom. The lowest BCUT2D eigenvalue weighted by atomic mass is 9.39. The van der Waals surface area contributed by atoms with E-state index in [2.05, 4.69) is 264 Å². The lowest BCUT2D eigenvalue weighted by molar-refractivity contribution is 0.591. The van der Waals surface area contributed by atoms with Crippen molar-refractivity contribution in [3.8, 4) is 41.8 Å². The minimum atomic E-state index is -0.0448. The number of hydrogen-bond donors (Lipinski definition) is 0. The second-order valence-corrected chi connectivity index (χ2v) is 31.0. The quantitative estimate of drug-likeness (QED) is 0.153. The molecule has 0 atom stereocenters. The standard InChI is InChI=1S/C74H53BN2S6/c1-73(2,3)50-26-28-62-54(40-50)69-71(82-62)75-68-56(76(69)52-32-46(64-36-42-16-7-11-22-58(42)78-64)30-47(33-52)65-37-43-17-8-12-23-59(43)79-65)20-15-21-57(68)77(70-55-41-51(74(4,5)6)27-29-63(55)83-72(70)75)53-34-48(66-38-44-18-9-13-24-60(44)80-66)31-49(35-53)67-39-45-19-10-14-25-61(45)81-67/h7-41H,1-6H3. The van der Waals surface area contributed by atoms with Crippen LogP contribution in [0.1, 0.15) is 52.7 Å². The number of anilines is 6. The van der Waals surface area contributed by atoms with Crippen molar-refractivity contribution in [1.29, 1.82) is 0 Å². The number of thiophene rings is 6. The zero-order valence-corrected chi connectivity index (χ0v) is 51.5. The molecule has 0 saturated carbocycles. The Balaban J connectivity index is 0.971. The molecule has 0 bridgehead atoms. The Morgan fingerprint density at radius 2 is 0.651 bits per heavy atom. The Morgan fingerprint density at radius 1 is 0.313 bits per heavy atom. The van der Waals surface area contributed by atoms with Crippen LogP contribution in [0, 0.1) is 0 Å². The van der Waals surface area contributed by atoms with Gasteiger partial charge in [-0.1, -0.05) is 133 Å². The van der Waals surface area contributed by atoms with Gasteiger partial charge in [-0.2, -0.15) is 0 Å². The van der Waals surface area contributed by atoms with E-state index in [9.17, 15) is 0 Å². The molecule has 0 spiro atoms. The van der Waals surface area contributed by atoms with Gasteiger partial charge in [0.25, 0.3) is 6.71 Å². The van der Waals surface area contributed by atoms with Crippen molar-refractivity contribution in [2.24, 2.45) is 0 Å². The first-order valence-electron chi connectivity index (χ1n) is 28.5. The van der Waals surface area contributed by atoms with E-state index in [-0.39, 0.29) is 17.5 Å². The Hall–Kier alpha value is -7.60. The van der Waals surface area contributed by atoms with Gasteiger partial charge in [-0.3, -0.25) is 0 Å². The molecule has 2 aliphatic heterocycles. The van der Waals surface area contributed by atoms with E-state index in [0.717, 1.165) is 0 Å². The fraction of sp³-hybridized carbons (Fsp3) is 0.108. The Bertz CT molecular complexity index is 4540. The summed E-state index contributed by atoms with van der Waals surface area (Å²) in [6.45, 7) is 14.1. The number of hydrogen-bond acceptors (Lipinski definition) is 8. The molecular weight excluding hydrogens is 1120 g/mol. The molecule has 8 heterocycles. The number of nitrogens with zero attached hydrogens (tertiary/aromatic N) is 2. The maximum Gasteiger partial charge on any atom is 0.277 e. The van der Waals surface area contributed by atoms with Crippen LogP contribution in [0.25, 0.3) is 102 Å². The van der Waals surface area contributed by atoms with Gasteiger partial charge in [0.1, 0.15) is 0 Å². The molecule has 15 aromatic rings. The lowest BCUT2D eigenvalue weighted by Gasteiger charge is -2.42. The fourth-order valence-electron chi connectivity index (χ4n) is 12.9. The minimum Gasteiger partial charge on any atom is -0.310 e. The maximum atomic E-state index is 2.69. The van der Waals surface area contributed by atoms with E-state index in [0.29, 0.717) is 0 Å². The first-order valence-corrected chi connectivity index (χ1v) is 33.4. The predicted octanol–water partition coefficient (Wildman–Crippen LogP) is 22.3. The highest BCUT2D eigenvalue weighted by Gasteiger charge is 2.47. The fourth-order valence-corrected chi connectivity index (χ4v) is 19.8. The normalized spacial score (nSPS) is 13.3. The van der Waals surface area contributed by atoms with Crippen molar-refractivity contribution in [1.82, 2.24) is 0 Å². The first-order chi connectivity index (χ1) is 40.3. The number of fused-ring (bicyclic) bond motifs is 12. The van der Waals surface area contributed by atoms with Crippen LogP contribution in [0.15, 0.2) is 212 Å². The highest BCUT2D eigenvalue weighted by atomic mass is 32.1. The molecule has 9 aromatic carbocycles. The molecule has 17 rings (SSSR count). The number of benzene rings is 9. The van der Waals surface area contributed by atoms with Crippen LogP contribution in [0.4, 0.5) is 34.1 Å². The van der Waals surface area contributed by atoms with Crippen LogP contribution in [0.5, 0.6) is 0 Å². The summed E-state index contributed by atoms with van der Waals surface area (Å²) in [5.74, 6) is 0. The van der Waals surface area contributed by atoms with Crippen LogP contribution in [-0.4, -0.2) is 6.71 Å². The third kappa shape index (κ3) is 8.03. The summed E-state index contributed by atoms with van der Waals surface area (Å²) in [5.41, 5.74) is 16.3. The Labute approximate surface area is 507 Å². The van der Waals surface area contributed by atoms with Crippen molar-refractivity contribution in [3.05, 3.63) is 223 Å². The van der Waals surface area contributed by atoms with Gasteiger partial charge in [0.2, 0.25) is 0 Å². The highest BCUT2D eigenvalue weighted by Crippen LogP contribution is 2.54. The smallest absolute Gasteiger partial charge is 0.277 e. The molecule has 0 radical (unpaired) electrons. The average molecular weight is 1170 g/mol. The highest BCUT2D eigenvalue weighted by molar-refractivity contribution is 7.41. The van der Waals surface area contributed by atoms with Gasteiger partial charge in [0.05, 0.1) is 11.4 Å². The summed E-state index contributed by atoms with van der Waals surface area (Å²) in [4.78, 5) is 10.5. The predicted molar refractivity (Wildman–Crippen MR) is 372 cm³/mol. The molecule has 9 heteroatoms. The first kappa shape index (κ1) is 50.0. The molecular formula is C74H53BN2S6. The molecule has 0 unspecified atom stereocenters. The van der Waals surface area contributed by atoms with Crippen LogP contribution in [0.2, 0.25) is 0 Å². The molecule has 0 fully saturated rings. The van der Waals surface area contributed by atoms with Crippen molar-refractivity contribution in [2.45, 2.75) is 52.4 Å². The molecule has 398 valence electrons.